The number of hydrogen-bond acceptors (Lipinski definition) is 3. The molecule has 5 heteroatoms. The van der Waals surface area contributed by atoms with Gasteiger partial charge in [-0.1, -0.05) is 17.7 Å². The van der Waals surface area contributed by atoms with Crippen LogP contribution in [0.5, 0.6) is 0 Å². The van der Waals surface area contributed by atoms with E-state index in [0.717, 1.165) is 32.1 Å². The van der Waals surface area contributed by atoms with Crippen LogP contribution in [0.2, 0.25) is 5.02 Å². The molecule has 1 N–H and O–H groups in total. The molecule has 0 aliphatic heterocycles. The van der Waals surface area contributed by atoms with Crippen molar-refractivity contribution < 1.29 is 19.0 Å². The van der Waals surface area contributed by atoms with Crippen molar-refractivity contribution >= 4 is 17.6 Å². The van der Waals surface area contributed by atoms with Crippen LogP contribution in [0, 0.1) is 23.1 Å². The minimum absolute atomic E-state index is 0.0491. The van der Waals surface area contributed by atoms with Crippen LogP contribution >= 0.6 is 11.6 Å². The van der Waals surface area contributed by atoms with Crippen LogP contribution in [0.25, 0.3) is 0 Å². The summed E-state index contributed by atoms with van der Waals surface area (Å²) < 4.78 is 18.6. The second kappa shape index (κ2) is 5.18. The molecule has 5 rings (SSSR count). The third-order valence-electron chi connectivity index (χ3n) is 5.84. The predicted molar refractivity (Wildman–Crippen MR) is 83.3 cm³/mol. The topological polar surface area (TPSA) is 46.5 Å². The van der Waals surface area contributed by atoms with Crippen LogP contribution < -0.4 is 0 Å². The first-order valence-electron chi connectivity index (χ1n) is 8.21. The first kappa shape index (κ1) is 15.4. The van der Waals surface area contributed by atoms with Gasteiger partial charge in [-0.3, -0.25) is 4.79 Å². The summed E-state index contributed by atoms with van der Waals surface area (Å²) in [5.41, 5.74) is -0.619. The molecule has 0 amide bonds. The van der Waals surface area contributed by atoms with E-state index in [2.05, 4.69) is 0 Å². The third-order valence-corrected chi connectivity index (χ3v) is 6.19. The normalized spacial score (nSPS) is 37.9. The summed E-state index contributed by atoms with van der Waals surface area (Å²) >= 11 is 5.98. The molecule has 4 aliphatic carbocycles. The summed E-state index contributed by atoms with van der Waals surface area (Å²) in [6.07, 6.45) is 4.93. The summed E-state index contributed by atoms with van der Waals surface area (Å²) in [4.78, 5) is 12.7. The fourth-order valence-corrected chi connectivity index (χ4v) is 5.61. The van der Waals surface area contributed by atoms with Crippen molar-refractivity contribution in [2.24, 2.45) is 17.3 Å². The minimum Gasteiger partial charge on any atom is -0.460 e. The summed E-state index contributed by atoms with van der Waals surface area (Å²) in [7, 11) is 0. The molecule has 0 radical (unpaired) electrons. The van der Waals surface area contributed by atoms with Crippen molar-refractivity contribution in [2.75, 3.05) is 0 Å². The van der Waals surface area contributed by atoms with E-state index in [-0.39, 0.29) is 17.6 Å². The second-order valence-corrected chi connectivity index (χ2v) is 8.18. The number of rotatable bonds is 3. The average molecular weight is 339 g/mol. The summed E-state index contributed by atoms with van der Waals surface area (Å²) in [6, 6.07) is 4.07. The van der Waals surface area contributed by atoms with Gasteiger partial charge < -0.3 is 9.84 Å². The van der Waals surface area contributed by atoms with Gasteiger partial charge in [0.05, 0.1) is 16.0 Å². The van der Waals surface area contributed by atoms with Crippen LogP contribution in [0.4, 0.5) is 4.39 Å². The molecule has 124 valence electrons. The lowest BCUT2D eigenvalue weighted by Gasteiger charge is -2.58. The standard InChI is InChI=1S/C18H20ClFO3/c19-15-4-14(20)2-1-13(15)9-23-16(21)17-5-11-3-12(6-17)8-18(22,7-11)10-17/h1-2,4,11-12,22H,3,5-10H2/t11-,12+,17?,18?. The van der Waals surface area contributed by atoms with Crippen molar-refractivity contribution in [1.82, 2.24) is 0 Å². The molecule has 4 aliphatic rings. The van der Waals surface area contributed by atoms with Crippen LogP contribution in [0.15, 0.2) is 18.2 Å². The fourth-order valence-electron chi connectivity index (χ4n) is 5.39. The zero-order valence-corrected chi connectivity index (χ0v) is 13.6. The smallest absolute Gasteiger partial charge is 0.312 e. The zero-order valence-electron chi connectivity index (χ0n) is 12.9. The molecule has 4 fully saturated rings. The molecule has 0 aromatic heterocycles. The van der Waals surface area contributed by atoms with E-state index in [1.54, 1.807) is 0 Å². The molecule has 0 heterocycles. The van der Waals surface area contributed by atoms with E-state index in [1.165, 1.54) is 18.2 Å². The first-order valence-corrected chi connectivity index (χ1v) is 8.59. The second-order valence-electron chi connectivity index (χ2n) is 7.78. The molecule has 3 nitrogen and oxygen atoms in total. The number of ether oxygens (including phenoxy) is 1. The molecular formula is C18H20ClFO3. The van der Waals surface area contributed by atoms with Gasteiger partial charge in [-0.2, -0.15) is 0 Å². The number of aliphatic hydroxyl groups is 1. The highest BCUT2D eigenvalue weighted by Crippen LogP contribution is 2.62. The Kier molecular flexibility index (Phi) is 3.47. The van der Waals surface area contributed by atoms with Gasteiger partial charge in [0, 0.05) is 5.56 Å². The van der Waals surface area contributed by atoms with Crippen LogP contribution in [0.1, 0.15) is 44.1 Å². The number of hydrogen-bond donors (Lipinski definition) is 1. The maximum Gasteiger partial charge on any atom is 0.312 e. The predicted octanol–water partition coefficient (Wildman–Crippen LogP) is 3.85. The van der Waals surface area contributed by atoms with E-state index in [4.69, 9.17) is 16.3 Å². The molecule has 4 atom stereocenters. The van der Waals surface area contributed by atoms with Crippen molar-refractivity contribution in [1.29, 1.82) is 0 Å². The highest BCUT2D eigenvalue weighted by atomic mass is 35.5. The lowest BCUT2D eigenvalue weighted by molar-refractivity contribution is -0.197. The Bertz CT molecular complexity index is 646. The highest BCUT2D eigenvalue weighted by Gasteiger charge is 2.60. The molecule has 4 saturated carbocycles. The van der Waals surface area contributed by atoms with Gasteiger partial charge in [-0.15, -0.1) is 0 Å². The summed E-state index contributed by atoms with van der Waals surface area (Å²) in [5, 5.41) is 11.0. The molecular weight excluding hydrogens is 319 g/mol. The largest absolute Gasteiger partial charge is 0.460 e. The van der Waals surface area contributed by atoms with Crippen LogP contribution in [0.3, 0.4) is 0 Å². The van der Waals surface area contributed by atoms with Gasteiger partial charge in [-0.25, -0.2) is 4.39 Å². The van der Waals surface area contributed by atoms with Gasteiger partial charge in [0.1, 0.15) is 12.4 Å². The summed E-state index contributed by atoms with van der Waals surface area (Å²) in [5.74, 6) is 0.227. The monoisotopic (exact) mass is 338 g/mol. The van der Waals surface area contributed by atoms with Gasteiger partial charge >= 0.3 is 5.97 Å². The Labute approximate surface area is 139 Å². The number of carbonyl (C=O) groups is 1. The maximum absolute atomic E-state index is 13.1. The van der Waals surface area contributed by atoms with Gasteiger partial charge in [-0.05, 0) is 62.5 Å². The fraction of sp³-hybridized carbons (Fsp3) is 0.611. The Morgan fingerprint density at radius 3 is 2.61 bits per heavy atom. The molecule has 1 aromatic rings. The Morgan fingerprint density at radius 1 is 1.30 bits per heavy atom. The molecule has 0 saturated heterocycles. The van der Waals surface area contributed by atoms with E-state index in [0.29, 0.717) is 23.8 Å². The van der Waals surface area contributed by atoms with Crippen molar-refractivity contribution in [3.05, 3.63) is 34.6 Å². The first-order chi connectivity index (χ1) is 10.9. The van der Waals surface area contributed by atoms with Crippen LogP contribution in [-0.2, 0) is 16.1 Å². The van der Waals surface area contributed by atoms with E-state index < -0.39 is 16.8 Å². The molecule has 2 unspecified atom stereocenters. The number of halogens is 2. The van der Waals surface area contributed by atoms with Crippen molar-refractivity contribution in [3.63, 3.8) is 0 Å². The highest BCUT2D eigenvalue weighted by molar-refractivity contribution is 6.31. The van der Waals surface area contributed by atoms with Crippen molar-refractivity contribution in [2.45, 2.75) is 50.7 Å². The van der Waals surface area contributed by atoms with E-state index in [1.807, 2.05) is 0 Å². The Balaban J connectivity index is 1.49. The van der Waals surface area contributed by atoms with E-state index >= 15 is 0 Å². The lowest BCUT2D eigenvalue weighted by Crippen LogP contribution is -2.58. The minimum atomic E-state index is -0.684. The van der Waals surface area contributed by atoms with Gasteiger partial charge in [0.2, 0.25) is 0 Å². The van der Waals surface area contributed by atoms with E-state index in [9.17, 15) is 14.3 Å². The third kappa shape index (κ3) is 2.66. The molecule has 0 spiro atoms. The Morgan fingerprint density at radius 2 is 2.00 bits per heavy atom. The van der Waals surface area contributed by atoms with Gasteiger partial charge in [0.25, 0.3) is 0 Å². The quantitative estimate of drug-likeness (QED) is 0.851. The Hall–Kier alpha value is -1.13. The maximum atomic E-state index is 13.1. The SMILES string of the molecule is O=C(OCc1ccc(F)cc1Cl)C12C[C@@H]3C[C@@H](CC(O)(C3)C1)C2. The molecule has 23 heavy (non-hydrogen) atoms. The number of carbonyl (C=O) groups excluding carboxylic acids is 1. The summed E-state index contributed by atoms with van der Waals surface area (Å²) in [6.45, 7) is 0.0491. The average Bonchev–Trinajstić information content (AvgIpc) is 2.43. The number of benzene rings is 1. The van der Waals surface area contributed by atoms with Crippen molar-refractivity contribution in [3.8, 4) is 0 Å². The molecule has 4 bridgehead atoms. The number of esters is 1. The van der Waals surface area contributed by atoms with Gasteiger partial charge in [0.15, 0.2) is 0 Å². The lowest BCUT2D eigenvalue weighted by atomic mass is 9.48. The molecule has 1 aromatic carbocycles. The van der Waals surface area contributed by atoms with Crippen LogP contribution in [-0.4, -0.2) is 16.7 Å². The zero-order chi connectivity index (χ0) is 16.2.